The molecule has 1 nitrogen and oxygen atoms in total. The van der Waals surface area contributed by atoms with Gasteiger partial charge in [-0.15, -0.1) is 0 Å². The van der Waals surface area contributed by atoms with Gasteiger partial charge in [-0.1, -0.05) is 77.6 Å². The summed E-state index contributed by atoms with van der Waals surface area (Å²) >= 11 is 0. The van der Waals surface area contributed by atoms with Gasteiger partial charge in [0.05, 0.1) is 0 Å². The van der Waals surface area contributed by atoms with Crippen molar-refractivity contribution in [3.63, 3.8) is 0 Å². The molecule has 1 heteroatoms. The maximum Gasteiger partial charge on any atom is 0.0100 e. The van der Waals surface area contributed by atoms with Crippen molar-refractivity contribution in [2.75, 3.05) is 0 Å². The average molecular weight is 294 g/mol. The van der Waals surface area contributed by atoms with Crippen LogP contribution >= 0.6 is 0 Å². The van der Waals surface area contributed by atoms with Crippen LogP contribution in [0.1, 0.15) is 104 Å². The van der Waals surface area contributed by atoms with Crippen LogP contribution in [0.5, 0.6) is 0 Å². The van der Waals surface area contributed by atoms with Gasteiger partial charge in [-0.2, -0.15) is 0 Å². The maximum atomic E-state index is 4.04. The molecule has 0 aromatic carbocycles. The second-order valence-electron chi connectivity index (χ2n) is 7.87. The molecule has 0 heterocycles. The van der Waals surface area contributed by atoms with E-state index in [0.29, 0.717) is 0 Å². The van der Waals surface area contributed by atoms with Gasteiger partial charge >= 0.3 is 0 Å². The van der Waals surface area contributed by atoms with Crippen molar-refractivity contribution in [2.24, 2.45) is 11.8 Å². The van der Waals surface area contributed by atoms with Crippen LogP contribution in [0.2, 0.25) is 0 Å². The van der Waals surface area contributed by atoms with Crippen molar-refractivity contribution >= 4 is 0 Å². The zero-order chi connectivity index (χ0) is 14.9. The lowest BCUT2D eigenvalue weighted by Crippen LogP contribution is -2.46. The van der Waals surface area contributed by atoms with E-state index in [2.05, 4.69) is 19.2 Å². The number of nitrogens with one attached hydrogen (secondary N) is 1. The minimum Gasteiger partial charge on any atom is -0.311 e. The summed E-state index contributed by atoms with van der Waals surface area (Å²) in [6.07, 6.45) is 20.4. The van der Waals surface area contributed by atoms with Crippen LogP contribution < -0.4 is 5.32 Å². The first kappa shape index (κ1) is 17.3. The third kappa shape index (κ3) is 5.93. The Morgan fingerprint density at radius 2 is 1.57 bits per heavy atom. The zero-order valence-electron chi connectivity index (χ0n) is 14.7. The van der Waals surface area contributed by atoms with Gasteiger partial charge in [0.1, 0.15) is 0 Å². The third-order valence-corrected chi connectivity index (χ3v) is 6.06. The summed E-state index contributed by atoms with van der Waals surface area (Å²) in [7, 11) is 0. The van der Waals surface area contributed by atoms with Gasteiger partial charge in [0, 0.05) is 12.1 Å². The van der Waals surface area contributed by atoms with Crippen molar-refractivity contribution in [1.82, 2.24) is 5.32 Å². The van der Waals surface area contributed by atoms with Crippen molar-refractivity contribution < 1.29 is 0 Å². The molecule has 0 bridgehead atoms. The van der Waals surface area contributed by atoms with E-state index < -0.39 is 0 Å². The van der Waals surface area contributed by atoms with Crippen LogP contribution in [-0.4, -0.2) is 12.1 Å². The Kier molecular flexibility index (Phi) is 8.14. The first-order valence-electron chi connectivity index (χ1n) is 10.1. The van der Waals surface area contributed by atoms with Gasteiger partial charge < -0.3 is 5.32 Å². The van der Waals surface area contributed by atoms with Crippen molar-refractivity contribution in [2.45, 2.75) is 116 Å². The van der Waals surface area contributed by atoms with E-state index in [1.165, 1.54) is 89.9 Å². The SMILES string of the molecule is CCCCCCC(C)NC1CCCCC1C1CCCCC1. The lowest BCUT2D eigenvalue weighted by molar-refractivity contribution is 0.142. The molecule has 2 fully saturated rings. The summed E-state index contributed by atoms with van der Waals surface area (Å²) in [6.45, 7) is 4.73. The van der Waals surface area contributed by atoms with Gasteiger partial charge in [0.2, 0.25) is 0 Å². The summed E-state index contributed by atoms with van der Waals surface area (Å²) in [5.41, 5.74) is 0. The largest absolute Gasteiger partial charge is 0.311 e. The molecule has 2 saturated carbocycles. The Balaban J connectivity index is 1.75. The molecule has 2 aliphatic rings. The van der Waals surface area contributed by atoms with E-state index in [9.17, 15) is 0 Å². The van der Waals surface area contributed by atoms with Gasteiger partial charge in [0.15, 0.2) is 0 Å². The molecule has 0 spiro atoms. The molecule has 0 amide bonds. The molecule has 1 N–H and O–H groups in total. The van der Waals surface area contributed by atoms with E-state index in [0.717, 1.165) is 23.9 Å². The summed E-state index contributed by atoms with van der Waals surface area (Å²) < 4.78 is 0. The van der Waals surface area contributed by atoms with Crippen molar-refractivity contribution in [3.8, 4) is 0 Å². The van der Waals surface area contributed by atoms with E-state index >= 15 is 0 Å². The minimum atomic E-state index is 0.732. The van der Waals surface area contributed by atoms with Gasteiger partial charge in [0.25, 0.3) is 0 Å². The fourth-order valence-corrected chi connectivity index (χ4v) is 4.82. The van der Waals surface area contributed by atoms with Gasteiger partial charge in [-0.3, -0.25) is 0 Å². The Morgan fingerprint density at radius 1 is 0.857 bits per heavy atom. The van der Waals surface area contributed by atoms with Gasteiger partial charge in [-0.05, 0) is 38.0 Å². The standard InChI is InChI=1S/C20H39N/c1-3-4-5-7-12-17(2)21-20-16-11-10-15-19(20)18-13-8-6-9-14-18/h17-21H,3-16H2,1-2H3. The minimum absolute atomic E-state index is 0.732. The highest BCUT2D eigenvalue weighted by Gasteiger charge is 2.32. The summed E-state index contributed by atoms with van der Waals surface area (Å²) in [6, 6.07) is 1.57. The van der Waals surface area contributed by atoms with Crippen LogP contribution in [0.15, 0.2) is 0 Å². The van der Waals surface area contributed by atoms with Crippen LogP contribution in [-0.2, 0) is 0 Å². The van der Waals surface area contributed by atoms with E-state index in [1.54, 1.807) is 0 Å². The quantitative estimate of drug-likeness (QED) is 0.535. The molecule has 0 aromatic rings. The molecule has 0 aromatic heterocycles. The molecular weight excluding hydrogens is 254 g/mol. The molecule has 2 aliphatic carbocycles. The Hall–Kier alpha value is -0.0400. The zero-order valence-corrected chi connectivity index (χ0v) is 14.7. The lowest BCUT2D eigenvalue weighted by Gasteiger charge is -2.40. The highest BCUT2D eigenvalue weighted by Crippen LogP contribution is 2.38. The van der Waals surface area contributed by atoms with Crippen LogP contribution in [0, 0.1) is 11.8 Å². The molecule has 21 heavy (non-hydrogen) atoms. The predicted octanol–water partition coefficient (Wildman–Crippen LogP) is 6.07. The number of hydrogen-bond donors (Lipinski definition) is 1. The highest BCUT2D eigenvalue weighted by molar-refractivity contribution is 4.88. The summed E-state index contributed by atoms with van der Waals surface area (Å²) in [5, 5.41) is 4.04. The molecule has 2 rings (SSSR count). The second-order valence-corrected chi connectivity index (χ2v) is 7.87. The molecule has 3 atom stereocenters. The Morgan fingerprint density at radius 3 is 2.33 bits per heavy atom. The lowest BCUT2D eigenvalue weighted by atomic mass is 9.71. The Labute approximate surface area is 133 Å². The van der Waals surface area contributed by atoms with E-state index in [4.69, 9.17) is 0 Å². The molecule has 3 unspecified atom stereocenters. The number of hydrogen-bond acceptors (Lipinski definition) is 1. The average Bonchev–Trinajstić information content (AvgIpc) is 2.53. The molecule has 0 aliphatic heterocycles. The highest BCUT2D eigenvalue weighted by atomic mass is 15.0. The monoisotopic (exact) mass is 293 g/mol. The normalized spacial score (nSPS) is 29.4. The molecule has 124 valence electrons. The topological polar surface area (TPSA) is 12.0 Å². The van der Waals surface area contributed by atoms with Crippen molar-refractivity contribution in [1.29, 1.82) is 0 Å². The first-order valence-corrected chi connectivity index (χ1v) is 10.1. The van der Waals surface area contributed by atoms with E-state index in [-0.39, 0.29) is 0 Å². The first-order chi connectivity index (χ1) is 10.3. The summed E-state index contributed by atoms with van der Waals surface area (Å²) in [4.78, 5) is 0. The van der Waals surface area contributed by atoms with Gasteiger partial charge in [-0.25, -0.2) is 0 Å². The van der Waals surface area contributed by atoms with Crippen molar-refractivity contribution in [3.05, 3.63) is 0 Å². The second kappa shape index (κ2) is 9.87. The Bertz CT molecular complexity index is 257. The number of rotatable bonds is 8. The molecule has 0 saturated heterocycles. The van der Waals surface area contributed by atoms with E-state index in [1.807, 2.05) is 0 Å². The molecular formula is C20H39N. The fourth-order valence-electron chi connectivity index (χ4n) is 4.82. The van der Waals surface area contributed by atoms with Crippen LogP contribution in [0.25, 0.3) is 0 Å². The third-order valence-electron chi connectivity index (χ3n) is 6.06. The summed E-state index contributed by atoms with van der Waals surface area (Å²) in [5.74, 6) is 2.04. The fraction of sp³-hybridized carbons (Fsp3) is 1.00. The maximum absolute atomic E-state index is 4.04. The predicted molar refractivity (Wildman–Crippen MR) is 93.7 cm³/mol. The molecule has 0 radical (unpaired) electrons. The van der Waals surface area contributed by atoms with Crippen LogP contribution in [0.3, 0.4) is 0 Å². The smallest absolute Gasteiger partial charge is 0.0100 e. The van der Waals surface area contributed by atoms with Crippen LogP contribution in [0.4, 0.5) is 0 Å². The number of unbranched alkanes of at least 4 members (excludes halogenated alkanes) is 3.